The fourth-order valence-corrected chi connectivity index (χ4v) is 9.54. The van der Waals surface area contributed by atoms with E-state index in [4.69, 9.17) is 4.74 Å². The molecule has 5 aliphatic rings. The Labute approximate surface area is 178 Å². The van der Waals surface area contributed by atoms with Crippen molar-refractivity contribution in [3.8, 4) is 0 Å². The second kappa shape index (κ2) is 5.70. The maximum absolute atomic E-state index is 6.66. The molecular formula is C28H40O. The van der Waals surface area contributed by atoms with Crippen LogP contribution in [0.15, 0.2) is 18.2 Å². The van der Waals surface area contributed by atoms with Gasteiger partial charge in [0.25, 0.3) is 0 Å². The van der Waals surface area contributed by atoms with Crippen molar-refractivity contribution in [1.29, 1.82) is 0 Å². The van der Waals surface area contributed by atoms with Crippen LogP contribution in [0.5, 0.6) is 0 Å². The van der Waals surface area contributed by atoms with Crippen molar-refractivity contribution in [2.45, 2.75) is 98.0 Å². The van der Waals surface area contributed by atoms with E-state index in [0.717, 1.165) is 24.4 Å². The molecule has 3 saturated carbocycles. The van der Waals surface area contributed by atoms with Gasteiger partial charge in [-0.2, -0.15) is 0 Å². The lowest BCUT2D eigenvalue weighted by molar-refractivity contribution is -0.173. The number of hydrogen-bond acceptors (Lipinski definition) is 1. The van der Waals surface area contributed by atoms with Crippen LogP contribution in [-0.2, 0) is 11.2 Å². The molecule has 1 aromatic carbocycles. The van der Waals surface area contributed by atoms with Crippen molar-refractivity contribution in [2.24, 2.45) is 33.5 Å². The Balaban J connectivity index is 1.44. The lowest BCUT2D eigenvalue weighted by atomic mass is 9.36. The minimum atomic E-state index is 0.358. The van der Waals surface area contributed by atoms with E-state index in [2.05, 4.69) is 52.8 Å². The fourth-order valence-electron chi connectivity index (χ4n) is 9.54. The van der Waals surface area contributed by atoms with E-state index in [1.165, 1.54) is 56.9 Å². The van der Waals surface area contributed by atoms with Gasteiger partial charge in [0, 0.05) is 0 Å². The minimum absolute atomic E-state index is 0.358. The molecule has 7 unspecified atom stereocenters. The van der Waals surface area contributed by atoms with Crippen molar-refractivity contribution in [1.82, 2.24) is 0 Å². The van der Waals surface area contributed by atoms with Crippen molar-refractivity contribution < 1.29 is 4.74 Å². The Bertz CT molecular complexity index is 854. The van der Waals surface area contributed by atoms with Crippen LogP contribution >= 0.6 is 0 Å². The summed E-state index contributed by atoms with van der Waals surface area (Å²) < 4.78 is 6.66. The quantitative estimate of drug-likeness (QED) is 0.459. The Morgan fingerprint density at radius 3 is 2.52 bits per heavy atom. The first-order valence-corrected chi connectivity index (χ1v) is 12.4. The molecule has 0 spiro atoms. The van der Waals surface area contributed by atoms with Gasteiger partial charge in [0.2, 0.25) is 0 Å². The fraction of sp³-hybridized carbons (Fsp3) is 0.786. The SMILES string of the molecule is Cc1cccc2c1CCC1(C)C2CCC2C3C4OCC3(CCC4(C)C)CCC21C. The molecule has 1 nitrogen and oxygen atoms in total. The number of ether oxygens (including phenoxy) is 1. The summed E-state index contributed by atoms with van der Waals surface area (Å²) >= 11 is 0. The first-order chi connectivity index (χ1) is 13.7. The molecule has 0 radical (unpaired) electrons. The first-order valence-electron chi connectivity index (χ1n) is 12.4. The highest BCUT2D eigenvalue weighted by atomic mass is 16.5. The lowest BCUT2D eigenvalue weighted by Crippen LogP contribution is -2.62. The molecule has 158 valence electrons. The third-order valence-corrected chi connectivity index (χ3v) is 11.6. The van der Waals surface area contributed by atoms with Crippen molar-refractivity contribution in [3.05, 3.63) is 34.9 Å². The van der Waals surface area contributed by atoms with Crippen LogP contribution < -0.4 is 0 Å². The molecule has 0 aromatic heterocycles. The van der Waals surface area contributed by atoms with Crippen molar-refractivity contribution in [3.63, 3.8) is 0 Å². The van der Waals surface area contributed by atoms with Gasteiger partial charge in [0.1, 0.15) is 0 Å². The maximum Gasteiger partial charge on any atom is 0.0663 e. The smallest absolute Gasteiger partial charge is 0.0663 e. The van der Waals surface area contributed by atoms with E-state index in [-0.39, 0.29) is 0 Å². The predicted octanol–water partition coefficient (Wildman–Crippen LogP) is 7.06. The Morgan fingerprint density at radius 1 is 0.897 bits per heavy atom. The molecule has 0 N–H and O–H groups in total. The summed E-state index contributed by atoms with van der Waals surface area (Å²) in [5.74, 6) is 2.43. The molecule has 1 saturated heterocycles. The van der Waals surface area contributed by atoms with Gasteiger partial charge in [0.05, 0.1) is 12.7 Å². The molecule has 6 rings (SSSR count). The van der Waals surface area contributed by atoms with E-state index in [9.17, 15) is 0 Å². The van der Waals surface area contributed by atoms with Crippen LogP contribution in [0.4, 0.5) is 0 Å². The van der Waals surface area contributed by atoms with Crippen LogP contribution in [0.3, 0.4) is 0 Å². The Morgan fingerprint density at radius 2 is 1.69 bits per heavy atom. The monoisotopic (exact) mass is 392 g/mol. The number of rotatable bonds is 0. The Kier molecular flexibility index (Phi) is 3.72. The van der Waals surface area contributed by atoms with Crippen LogP contribution in [0.1, 0.15) is 95.2 Å². The summed E-state index contributed by atoms with van der Waals surface area (Å²) in [5.41, 5.74) is 6.70. The summed E-state index contributed by atoms with van der Waals surface area (Å²) in [5, 5.41) is 0. The molecule has 4 aliphatic carbocycles. The normalized spacial score (nSPS) is 49.6. The average molecular weight is 393 g/mol. The van der Waals surface area contributed by atoms with Crippen molar-refractivity contribution in [2.75, 3.05) is 6.61 Å². The van der Waals surface area contributed by atoms with Crippen LogP contribution in [-0.4, -0.2) is 12.7 Å². The molecule has 1 aliphatic heterocycles. The second-order valence-corrected chi connectivity index (χ2v) is 12.8. The van der Waals surface area contributed by atoms with Crippen LogP contribution in [0, 0.1) is 40.4 Å². The number of fused-ring (bicyclic) bond motifs is 5. The summed E-state index contributed by atoms with van der Waals surface area (Å²) in [7, 11) is 0. The third kappa shape index (κ3) is 2.17. The van der Waals surface area contributed by atoms with Crippen molar-refractivity contribution >= 4 is 0 Å². The second-order valence-electron chi connectivity index (χ2n) is 12.8. The van der Waals surface area contributed by atoms with Gasteiger partial charge < -0.3 is 4.74 Å². The minimum Gasteiger partial charge on any atom is -0.377 e. The predicted molar refractivity (Wildman–Crippen MR) is 119 cm³/mol. The molecule has 1 heterocycles. The molecule has 7 atom stereocenters. The van der Waals surface area contributed by atoms with E-state index >= 15 is 0 Å². The van der Waals surface area contributed by atoms with Gasteiger partial charge in [-0.15, -0.1) is 0 Å². The summed E-state index contributed by atoms with van der Waals surface area (Å²) in [6.45, 7) is 13.8. The molecule has 1 heteroatoms. The highest BCUT2D eigenvalue weighted by Crippen LogP contribution is 2.74. The zero-order chi connectivity index (χ0) is 20.2. The molecule has 4 fully saturated rings. The standard InChI is InChI=1S/C28H40O/c1-18-7-6-8-20-19(18)11-12-26(4)21(20)9-10-22-23-24-25(2,3)13-15-28(23,17-29-24)16-14-27(22,26)5/h6-8,21-24H,9-17H2,1-5H3. The van der Waals surface area contributed by atoms with Gasteiger partial charge in [-0.1, -0.05) is 45.9 Å². The lowest BCUT2D eigenvalue weighted by Gasteiger charge is -2.68. The first kappa shape index (κ1) is 18.9. The van der Waals surface area contributed by atoms with Crippen LogP contribution in [0.25, 0.3) is 0 Å². The van der Waals surface area contributed by atoms with E-state index < -0.39 is 0 Å². The summed E-state index contributed by atoms with van der Waals surface area (Å²) in [4.78, 5) is 0. The molecule has 0 amide bonds. The zero-order valence-electron chi connectivity index (χ0n) is 19.3. The summed E-state index contributed by atoms with van der Waals surface area (Å²) in [6, 6.07) is 7.13. The number of benzene rings is 1. The summed E-state index contributed by atoms with van der Waals surface area (Å²) in [6.07, 6.45) is 11.6. The third-order valence-electron chi connectivity index (χ3n) is 11.6. The van der Waals surface area contributed by atoms with Crippen LogP contribution in [0.2, 0.25) is 0 Å². The van der Waals surface area contributed by atoms with E-state index in [0.29, 0.717) is 27.8 Å². The zero-order valence-corrected chi connectivity index (χ0v) is 19.3. The highest BCUT2D eigenvalue weighted by Gasteiger charge is 2.69. The van der Waals surface area contributed by atoms with E-state index in [1.807, 2.05) is 0 Å². The van der Waals surface area contributed by atoms with Gasteiger partial charge in [-0.3, -0.25) is 0 Å². The van der Waals surface area contributed by atoms with Gasteiger partial charge in [-0.05, 0) is 114 Å². The largest absolute Gasteiger partial charge is 0.377 e. The average Bonchev–Trinajstić information content (AvgIpc) is 3.02. The Hall–Kier alpha value is -0.820. The molecule has 2 bridgehead atoms. The van der Waals surface area contributed by atoms with Gasteiger partial charge in [-0.25, -0.2) is 0 Å². The molecular weight excluding hydrogens is 352 g/mol. The molecule has 29 heavy (non-hydrogen) atoms. The number of aryl methyl sites for hydroxylation is 1. The maximum atomic E-state index is 6.66. The van der Waals surface area contributed by atoms with Gasteiger partial charge in [0.15, 0.2) is 0 Å². The topological polar surface area (TPSA) is 9.23 Å². The van der Waals surface area contributed by atoms with Gasteiger partial charge >= 0.3 is 0 Å². The van der Waals surface area contributed by atoms with E-state index in [1.54, 1.807) is 11.1 Å². The number of hydrogen-bond donors (Lipinski definition) is 0. The molecule has 1 aromatic rings. The highest BCUT2D eigenvalue weighted by molar-refractivity contribution is 5.42.